The Labute approximate surface area is 95.4 Å². The van der Waals surface area contributed by atoms with E-state index in [-0.39, 0.29) is 17.9 Å². The molecule has 1 heterocycles. The molecule has 3 nitrogen and oxygen atoms in total. The van der Waals surface area contributed by atoms with Crippen LogP contribution in [-0.2, 0) is 21.2 Å². The highest BCUT2D eigenvalue weighted by Crippen LogP contribution is 2.32. The van der Waals surface area contributed by atoms with Crippen LogP contribution in [-0.4, -0.2) is 15.0 Å². The maximum absolute atomic E-state index is 13.7. The number of rotatable bonds is 2. The molecule has 1 aromatic rings. The van der Waals surface area contributed by atoms with Crippen molar-refractivity contribution in [3.8, 4) is 5.75 Å². The second kappa shape index (κ2) is 3.85. The van der Waals surface area contributed by atoms with Gasteiger partial charge in [0.1, 0.15) is 17.4 Å². The predicted molar refractivity (Wildman–Crippen MR) is 54.0 cm³/mol. The molecule has 0 aromatic heterocycles. The van der Waals surface area contributed by atoms with E-state index in [2.05, 4.69) is 0 Å². The molecule has 0 radical (unpaired) electrons. The lowest BCUT2D eigenvalue weighted by Crippen LogP contribution is -2.04. The number of benzene rings is 1. The topological polar surface area (TPSA) is 43.4 Å². The average molecular weight is 269 g/mol. The largest absolute Gasteiger partial charge is 0.493 e. The zero-order valence-corrected chi connectivity index (χ0v) is 9.54. The zero-order valence-electron chi connectivity index (χ0n) is 7.97. The summed E-state index contributed by atoms with van der Waals surface area (Å²) in [5.74, 6) is -2.57. The molecule has 0 aliphatic carbocycles. The standard InChI is InChI=1S/C9H7ClF2O3S/c10-16(13,14)4-6-7(11)3-8-5(9(6)12)1-2-15-8/h3H,1-2,4H2. The van der Waals surface area contributed by atoms with Crippen LogP contribution in [0.1, 0.15) is 11.1 Å². The molecule has 0 saturated carbocycles. The van der Waals surface area contributed by atoms with E-state index in [0.29, 0.717) is 6.42 Å². The van der Waals surface area contributed by atoms with Crippen LogP contribution in [0, 0.1) is 11.6 Å². The van der Waals surface area contributed by atoms with E-state index in [0.717, 1.165) is 6.07 Å². The van der Waals surface area contributed by atoms with Crippen molar-refractivity contribution in [2.24, 2.45) is 0 Å². The van der Waals surface area contributed by atoms with Gasteiger partial charge in [0.05, 0.1) is 12.4 Å². The molecule has 0 fully saturated rings. The third-order valence-corrected chi connectivity index (χ3v) is 3.26. The molecule has 0 spiro atoms. The van der Waals surface area contributed by atoms with Gasteiger partial charge in [-0.1, -0.05) is 0 Å². The Kier molecular flexibility index (Phi) is 2.79. The van der Waals surface area contributed by atoms with Gasteiger partial charge in [0.15, 0.2) is 0 Å². The maximum atomic E-state index is 13.7. The highest BCUT2D eigenvalue weighted by molar-refractivity contribution is 8.13. The highest BCUT2D eigenvalue weighted by Gasteiger charge is 2.25. The predicted octanol–water partition coefficient (Wildman–Crippen LogP) is 1.97. The lowest BCUT2D eigenvalue weighted by molar-refractivity contribution is 0.355. The van der Waals surface area contributed by atoms with E-state index in [1.165, 1.54) is 0 Å². The van der Waals surface area contributed by atoms with Crippen LogP contribution in [0.5, 0.6) is 5.75 Å². The van der Waals surface area contributed by atoms with E-state index in [1.54, 1.807) is 0 Å². The molecule has 0 N–H and O–H groups in total. The van der Waals surface area contributed by atoms with E-state index < -0.39 is 32.0 Å². The molecule has 0 bridgehead atoms. The van der Waals surface area contributed by atoms with Crippen LogP contribution in [0.3, 0.4) is 0 Å². The van der Waals surface area contributed by atoms with Crippen LogP contribution in [0.2, 0.25) is 0 Å². The van der Waals surface area contributed by atoms with Gasteiger partial charge in [-0.15, -0.1) is 0 Å². The third-order valence-electron chi connectivity index (χ3n) is 2.30. The minimum absolute atomic E-state index is 0.130. The van der Waals surface area contributed by atoms with Crippen molar-refractivity contribution >= 4 is 19.7 Å². The van der Waals surface area contributed by atoms with Gasteiger partial charge in [0, 0.05) is 34.3 Å². The fraction of sp³-hybridized carbons (Fsp3) is 0.333. The molecular weight excluding hydrogens is 262 g/mol. The van der Waals surface area contributed by atoms with E-state index >= 15 is 0 Å². The first-order valence-corrected chi connectivity index (χ1v) is 6.91. The second-order valence-electron chi connectivity index (χ2n) is 3.41. The zero-order chi connectivity index (χ0) is 11.9. The summed E-state index contributed by atoms with van der Waals surface area (Å²) >= 11 is 0. The van der Waals surface area contributed by atoms with Gasteiger partial charge in [-0.25, -0.2) is 17.2 Å². The van der Waals surface area contributed by atoms with Crippen molar-refractivity contribution in [1.29, 1.82) is 0 Å². The Morgan fingerprint density at radius 3 is 2.75 bits per heavy atom. The normalized spacial score (nSPS) is 14.7. The number of halogens is 3. The maximum Gasteiger partial charge on any atom is 0.236 e. The van der Waals surface area contributed by atoms with Gasteiger partial charge in [-0.05, 0) is 0 Å². The summed E-state index contributed by atoms with van der Waals surface area (Å²) < 4.78 is 53.7. The lowest BCUT2D eigenvalue weighted by Gasteiger charge is -2.07. The summed E-state index contributed by atoms with van der Waals surface area (Å²) in [7, 11) is 0.982. The summed E-state index contributed by atoms with van der Waals surface area (Å²) in [5.41, 5.74) is -0.323. The van der Waals surface area contributed by atoms with E-state index in [9.17, 15) is 17.2 Å². The van der Waals surface area contributed by atoms with Crippen LogP contribution in [0.4, 0.5) is 8.78 Å². The first kappa shape index (κ1) is 11.6. The smallest absolute Gasteiger partial charge is 0.236 e. The summed E-state index contributed by atoms with van der Waals surface area (Å²) in [6, 6.07) is 0.989. The SMILES string of the molecule is O=S(=O)(Cl)Cc1c(F)cc2c(c1F)CCO2. The van der Waals surface area contributed by atoms with Crippen LogP contribution < -0.4 is 4.74 Å². The fourth-order valence-corrected chi connectivity index (χ4v) is 2.55. The summed E-state index contributed by atoms with van der Waals surface area (Å²) in [6.07, 6.45) is 0.302. The molecule has 16 heavy (non-hydrogen) atoms. The van der Waals surface area contributed by atoms with Crippen LogP contribution in [0.15, 0.2) is 6.07 Å². The molecule has 0 saturated heterocycles. The minimum Gasteiger partial charge on any atom is -0.493 e. The van der Waals surface area contributed by atoms with Gasteiger partial charge < -0.3 is 4.74 Å². The Balaban J connectivity index is 2.54. The van der Waals surface area contributed by atoms with Crippen molar-refractivity contribution < 1.29 is 21.9 Å². The van der Waals surface area contributed by atoms with Crippen molar-refractivity contribution in [1.82, 2.24) is 0 Å². The third kappa shape index (κ3) is 2.12. The molecular formula is C9H7ClF2O3S. The summed E-state index contributed by atoms with van der Waals surface area (Å²) in [6.45, 7) is 0.267. The molecule has 2 rings (SSSR count). The second-order valence-corrected chi connectivity index (χ2v) is 6.19. The Morgan fingerprint density at radius 2 is 2.12 bits per heavy atom. The van der Waals surface area contributed by atoms with Gasteiger partial charge in [-0.3, -0.25) is 0 Å². The van der Waals surface area contributed by atoms with Crippen molar-refractivity contribution in [2.45, 2.75) is 12.2 Å². The number of fused-ring (bicyclic) bond motifs is 1. The van der Waals surface area contributed by atoms with Crippen LogP contribution in [0.25, 0.3) is 0 Å². The molecule has 1 aliphatic heterocycles. The minimum atomic E-state index is -3.99. The van der Waals surface area contributed by atoms with E-state index in [4.69, 9.17) is 15.4 Å². The van der Waals surface area contributed by atoms with Gasteiger partial charge in [0.25, 0.3) is 0 Å². The Hall–Kier alpha value is -0.880. The first-order chi connectivity index (χ1) is 7.38. The van der Waals surface area contributed by atoms with Crippen LogP contribution >= 0.6 is 10.7 Å². The molecule has 0 atom stereocenters. The lowest BCUT2D eigenvalue weighted by atomic mass is 10.1. The number of hydrogen-bond donors (Lipinski definition) is 0. The van der Waals surface area contributed by atoms with Gasteiger partial charge in [0.2, 0.25) is 9.05 Å². The summed E-state index contributed by atoms with van der Waals surface area (Å²) in [5, 5.41) is 0. The Bertz CT molecular complexity index is 542. The molecule has 0 unspecified atom stereocenters. The van der Waals surface area contributed by atoms with Gasteiger partial charge in [-0.2, -0.15) is 0 Å². The number of ether oxygens (including phenoxy) is 1. The first-order valence-electron chi connectivity index (χ1n) is 4.43. The van der Waals surface area contributed by atoms with E-state index in [1.807, 2.05) is 0 Å². The van der Waals surface area contributed by atoms with Crippen molar-refractivity contribution in [2.75, 3.05) is 6.61 Å². The highest BCUT2D eigenvalue weighted by atomic mass is 35.7. The molecule has 1 aliphatic rings. The van der Waals surface area contributed by atoms with Crippen molar-refractivity contribution in [3.63, 3.8) is 0 Å². The molecule has 0 amide bonds. The monoisotopic (exact) mass is 268 g/mol. The average Bonchev–Trinajstić information content (AvgIpc) is 2.58. The van der Waals surface area contributed by atoms with Crippen molar-refractivity contribution in [3.05, 3.63) is 28.8 Å². The Morgan fingerprint density at radius 1 is 1.44 bits per heavy atom. The molecule has 88 valence electrons. The summed E-state index contributed by atoms with van der Waals surface area (Å²) in [4.78, 5) is 0. The number of hydrogen-bond acceptors (Lipinski definition) is 3. The fourth-order valence-electron chi connectivity index (χ4n) is 1.61. The quantitative estimate of drug-likeness (QED) is 0.770. The molecule has 7 heteroatoms. The molecule has 1 aromatic carbocycles. The van der Waals surface area contributed by atoms with Gasteiger partial charge >= 0.3 is 0 Å².